The molecule has 0 atom stereocenters. The van der Waals surface area contributed by atoms with Gasteiger partial charge >= 0.3 is 0 Å². The lowest BCUT2D eigenvalue weighted by Crippen LogP contribution is -2.41. The second kappa shape index (κ2) is 9.41. The van der Waals surface area contributed by atoms with Crippen LogP contribution in [0.4, 0.5) is 0 Å². The van der Waals surface area contributed by atoms with Crippen LogP contribution in [0, 0.1) is 0 Å². The molecular formula is C27H32N2O2Si. The number of piperidine rings is 1. The zero-order valence-corrected chi connectivity index (χ0v) is 19.9. The minimum Gasteiger partial charge on any atom is -0.428 e. The molecule has 0 unspecified atom stereocenters. The number of rotatable bonds is 5. The van der Waals surface area contributed by atoms with Gasteiger partial charge in [-0.2, -0.15) is 0 Å². The van der Waals surface area contributed by atoms with E-state index < -0.39 is 8.32 Å². The molecule has 1 amide bonds. The van der Waals surface area contributed by atoms with Gasteiger partial charge in [0.25, 0.3) is 5.91 Å². The summed E-state index contributed by atoms with van der Waals surface area (Å²) in [5.74, 6) is 0.569. The second-order valence-corrected chi connectivity index (χ2v) is 12.9. The van der Waals surface area contributed by atoms with Crippen LogP contribution >= 0.6 is 0 Å². The summed E-state index contributed by atoms with van der Waals surface area (Å²) in [4.78, 5) is 25.7. The zero-order chi connectivity index (χ0) is 22.7. The highest BCUT2D eigenvalue weighted by Crippen LogP contribution is 2.29. The van der Waals surface area contributed by atoms with Gasteiger partial charge in [-0.1, -0.05) is 60.7 Å². The highest BCUT2D eigenvalue weighted by atomic mass is 28.4. The monoisotopic (exact) mass is 444 g/mol. The number of nitrogens with two attached hydrogens (primary N) is 1. The van der Waals surface area contributed by atoms with Crippen molar-refractivity contribution in [3.8, 4) is 11.1 Å². The molecule has 0 spiro atoms. The first kappa shape index (κ1) is 22.5. The summed E-state index contributed by atoms with van der Waals surface area (Å²) < 4.78 is 0. The predicted molar refractivity (Wildman–Crippen MR) is 133 cm³/mol. The number of benzene rings is 3. The van der Waals surface area contributed by atoms with Gasteiger partial charge in [0.1, 0.15) is 0 Å². The Morgan fingerprint density at radius 1 is 0.969 bits per heavy atom. The highest BCUT2D eigenvalue weighted by Gasteiger charge is 2.25. The van der Waals surface area contributed by atoms with E-state index in [2.05, 4.69) is 30.3 Å². The highest BCUT2D eigenvalue weighted by molar-refractivity contribution is 6.83. The van der Waals surface area contributed by atoms with Gasteiger partial charge in [0.2, 0.25) is 8.32 Å². The SMILES string of the molecule is C[Si](C)(O)c1cccc(-c2cccc(C(=O)N3CCC(c4cccc(CN)c4)CC3)c2)c1. The van der Waals surface area contributed by atoms with Crippen molar-refractivity contribution in [2.24, 2.45) is 5.73 Å². The van der Waals surface area contributed by atoms with Crippen LogP contribution in [-0.2, 0) is 6.54 Å². The van der Waals surface area contributed by atoms with Crippen LogP contribution in [0.3, 0.4) is 0 Å². The summed E-state index contributed by atoms with van der Waals surface area (Å²) in [7, 11) is -2.38. The molecule has 1 saturated heterocycles. The predicted octanol–water partition coefficient (Wildman–Crippen LogP) is 4.24. The molecule has 1 fully saturated rings. The van der Waals surface area contributed by atoms with E-state index in [4.69, 9.17) is 5.73 Å². The maximum Gasteiger partial charge on any atom is 0.253 e. The van der Waals surface area contributed by atoms with E-state index in [9.17, 15) is 9.59 Å². The Morgan fingerprint density at radius 2 is 1.62 bits per heavy atom. The second-order valence-electron chi connectivity index (χ2n) is 9.24. The molecular weight excluding hydrogens is 412 g/mol. The molecule has 0 bridgehead atoms. The number of amides is 1. The maximum atomic E-state index is 13.2. The van der Waals surface area contributed by atoms with Gasteiger partial charge in [0, 0.05) is 25.2 Å². The Hall–Kier alpha value is -2.73. The molecule has 3 aromatic carbocycles. The lowest BCUT2D eigenvalue weighted by Gasteiger charge is -2.32. The molecule has 0 aliphatic carbocycles. The number of carbonyl (C=O) groups excluding carboxylic acids is 1. The first-order valence-electron chi connectivity index (χ1n) is 11.4. The van der Waals surface area contributed by atoms with Gasteiger partial charge in [-0.3, -0.25) is 4.79 Å². The van der Waals surface area contributed by atoms with Crippen LogP contribution in [0.15, 0.2) is 72.8 Å². The summed E-state index contributed by atoms with van der Waals surface area (Å²) >= 11 is 0. The van der Waals surface area contributed by atoms with E-state index in [0.717, 1.165) is 53.4 Å². The van der Waals surface area contributed by atoms with Gasteiger partial charge in [0.05, 0.1) is 0 Å². The minimum atomic E-state index is -2.38. The number of hydrogen-bond acceptors (Lipinski definition) is 3. The van der Waals surface area contributed by atoms with E-state index in [1.807, 2.05) is 60.5 Å². The van der Waals surface area contributed by atoms with Gasteiger partial charge < -0.3 is 15.4 Å². The maximum absolute atomic E-state index is 13.2. The average molecular weight is 445 g/mol. The Balaban J connectivity index is 1.47. The fourth-order valence-corrected chi connectivity index (χ4v) is 5.50. The summed E-state index contributed by atoms with van der Waals surface area (Å²) in [5, 5.41) is 0.993. The van der Waals surface area contributed by atoms with Crippen molar-refractivity contribution in [1.82, 2.24) is 4.90 Å². The Bertz CT molecular complexity index is 1100. The molecule has 0 saturated carbocycles. The van der Waals surface area contributed by atoms with Gasteiger partial charge in [-0.05, 0) is 71.4 Å². The van der Waals surface area contributed by atoms with Crippen molar-refractivity contribution in [2.45, 2.75) is 38.4 Å². The van der Waals surface area contributed by atoms with Crippen LogP contribution in [0.5, 0.6) is 0 Å². The van der Waals surface area contributed by atoms with E-state index in [1.54, 1.807) is 0 Å². The third-order valence-corrected chi connectivity index (χ3v) is 8.18. The van der Waals surface area contributed by atoms with Crippen molar-refractivity contribution in [3.63, 3.8) is 0 Å². The van der Waals surface area contributed by atoms with Crippen molar-refractivity contribution < 1.29 is 9.59 Å². The van der Waals surface area contributed by atoms with Crippen LogP contribution in [0.25, 0.3) is 11.1 Å². The number of likely N-dealkylation sites (tertiary alicyclic amines) is 1. The van der Waals surface area contributed by atoms with Crippen molar-refractivity contribution in [3.05, 3.63) is 89.5 Å². The van der Waals surface area contributed by atoms with Crippen LogP contribution in [0.1, 0.15) is 40.2 Å². The summed E-state index contributed by atoms with van der Waals surface area (Å²) in [6.45, 7) is 5.92. The third-order valence-electron chi connectivity index (χ3n) is 6.45. The first-order valence-corrected chi connectivity index (χ1v) is 14.3. The third kappa shape index (κ3) is 5.01. The topological polar surface area (TPSA) is 66.6 Å². The molecule has 1 aliphatic rings. The van der Waals surface area contributed by atoms with Crippen molar-refractivity contribution in [2.75, 3.05) is 13.1 Å². The lowest BCUT2D eigenvalue weighted by molar-refractivity contribution is 0.0713. The van der Waals surface area contributed by atoms with Gasteiger partial charge in [0.15, 0.2) is 0 Å². The molecule has 0 radical (unpaired) electrons. The molecule has 166 valence electrons. The lowest BCUT2D eigenvalue weighted by atomic mass is 9.88. The summed E-state index contributed by atoms with van der Waals surface area (Å²) in [6, 6.07) is 24.4. The number of nitrogens with zero attached hydrogens (tertiary/aromatic N) is 1. The van der Waals surface area contributed by atoms with Gasteiger partial charge in [-0.25, -0.2) is 0 Å². The minimum absolute atomic E-state index is 0.0917. The van der Waals surface area contributed by atoms with Gasteiger partial charge in [-0.15, -0.1) is 0 Å². The smallest absolute Gasteiger partial charge is 0.253 e. The summed E-state index contributed by atoms with van der Waals surface area (Å²) in [5.41, 5.74) is 11.0. The molecule has 3 aromatic rings. The molecule has 4 nitrogen and oxygen atoms in total. The molecule has 3 N–H and O–H groups in total. The van der Waals surface area contributed by atoms with Crippen molar-refractivity contribution in [1.29, 1.82) is 0 Å². The largest absolute Gasteiger partial charge is 0.428 e. The molecule has 1 aliphatic heterocycles. The molecule has 4 rings (SSSR count). The van der Waals surface area contributed by atoms with E-state index in [-0.39, 0.29) is 5.91 Å². The molecule has 5 heteroatoms. The standard InChI is InChI=1S/C27H32N2O2Si/c1-32(2,31)26-11-5-9-24(18-26)23-8-4-10-25(17-23)27(30)29-14-12-21(13-15-29)22-7-3-6-20(16-22)19-28/h3-11,16-18,21,31H,12-15,19,28H2,1-2H3. The van der Waals surface area contributed by atoms with E-state index in [1.165, 1.54) is 5.56 Å². The summed E-state index contributed by atoms with van der Waals surface area (Å²) in [6.07, 6.45) is 1.94. The number of carbonyl (C=O) groups is 1. The van der Waals surface area contributed by atoms with Crippen LogP contribution in [0.2, 0.25) is 13.1 Å². The zero-order valence-electron chi connectivity index (χ0n) is 18.9. The fourth-order valence-electron chi connectivity index (χ4n) is 4.48. The molecule has 0 aromatic heterocycles. The quantitative estimate of drug-likeness (QED) is 0.579. The van der Waals surface area contributed by atoms with E-state index in [0.29, 0.717) is 12.5 Å². The fraction of sp³-hybridized carbons (Fsp3) is 0.296. The molecule has 1 heterocycles. The Kier molecular flexibility index (Phi) is 6.60. The number of hydrogen-bond donors (Lipinski definition) is 2. The van der Waals surface area contributed by atoms with Crippen molar-refractivity contribution >= 4 is 19.4 Å². The Morgan fingerprint density at radius 3 is 2.31 bits per heavy atom. The normalized spacial score (nSPS) is 15.1. The Labute approximate surface area is 191 Å². The molecule has 32 heavy (non-hydrogen) atoms. The van der Waals surface area contributed by atoms with Crippen LogP contribution in [-0.4, -0.2) is 37.0 Å². The first-order chi connectivity index (χ1) is 15.3. The van der Waals surface area contributed by atoms with E-state index >= 15 is 0 Å². The average Bonchev–Trinajstić information content (AvgIpc) is 2.83. The van der Waals surface area contributed by atoms with Crippen LogP contribution < -0.4 is 10.9 Å².